The van der Waals surface area contributed by atoms with Crippen molar-refractivity contribution in [2.24, 2.45) is 5.14 Å². The lowest BCUT2D eigenvalue weighted by molar-refractivity contribution is 0.597. The average Bonchev–Trinajstić information content (AvgIpc) is 2.98. The van der Waals surface area contributed by atoms with Crippen molar-refractivity contribution < 1.29 is 8.42 Å². The van der Waals surface area contributed by atoms with Crippen LogP contribution in [0.5, 0.6) is 0 Å². The van der Waals surface area contributed by atoms with Crippen molar-refractivity contribution in [3.05, 3.63) is 59.7 Å². The number of benzene rings is 2. The maximum absolute atomic E-state index is 11.7. The Balaban J connectivity index is 2.18. The molecule has 4 rings (SSSR count). The fraction of sp³-hybridized carbons (Fsp3) is 0. The monoisotopic (exact) mass is 364 g/mol. The van der Waals surface area contributed by atoms with Crippen molar-refractivity contribution in [2.45, 2.75) is 4.90 Å². The molecule has 0 atom stereocenters. The van der Waals surface area contributed by atoms with Gasteiger partial charge in [0, 0.05) is 10.9 Å². The number of nitrogens with zero attached hydrogens (tertiary/aromatic N) is 3. The summed E-state index contributed by atoms with van der Waals surface area (Å²) in [5, 5.41) is 23.7. The first kappa shape index (κ1) is 16.0. The van der Waals surface area contributed by atoms with Gasteiger partial charge < -0.3 is 4.98 Å². The summed E-state index contributed by atoms with van der Waals surface area (Å²) in [4.78, 5) is 7.40. The van der Waals surface area contributed by atoms with Crippen LogP contribution in [-0.4, -0.2) is 23.0 Å². The molecule has 0 fully saturated rings. The summed E-state index contributed by atoms with van der Waals surface area (Å²) in [5.41, 5.74) is 1.97. The molecular weight excluding hydrogens is 352 g/mol. The number of hydrogen-bond donors (Lipinski definition) is 3. The topological polar surface area (TPSA) is 141 Å². The normalized spacial score (nSPS) is 11.7. The number of para-hydroxylation sites is 1. The Morgan fingerprint density at radius 2 is 1.96 bits per heavy atom. The smallest absolute Gasteiger partial charge is 0.238 e. The van der Waals surface area contributed by atoms with E-state index in [9.17, 15) is 13.7 Å². The van der Waals surface area contributed by atoms with Gasteiger partial charge in [0.05, 0.1) is 10.6 Å². The van der Waals surface area contributed by atoms with E-state index in [1.165, 1.54) is 22.8 Å². The molecule has 2 heterocycles. The summed E-state index contributed by atoms with van der Waals surface area (Å²) in [6, 6.07) is 15.2. The minimum atomic E-state index is -3.91. The van der Waals surface area contributed by atoms with E-state index in [4.69, 9.17) is 10.5 Å². The predicted molar refractivity (Wildman–Crippen MR) is 94.9 cm³/mol. The minimum Gasteiger partial charge on any atom is -0.339 e. The molecule has 8 nitrogen and oxygen atoms in total. The molecule has 2 aromatic carbocycles. The van der Waals surface area contributed by atoms with Gasteiger partial charge in [-0.2, -0.15) is 5.26 Å². The van der Waals surface area contributed by atoms with E-state index in [0.717, 1.165) is 10.9 Å². The molecule has 0 spiro atoms. The lowest BCUT2D eigenvalue weighted by Crippen LogP contribution is -2.24. The van der Waals surface area contributed by atoms with Crippen molar-refractivity contribution >= 4 is 32.1 Å². The number of primary sulfonamides is 1. The first-order chi connectivity index (χ1) is 12.4. The van der Waals surface area contributed by atoms with Gasteiger partial charge in [-0.05, 0) is 24.3 Å². The molecule has 0 saturated carbocycles. The molecule has 128 valence electrons. The molecule has 0 aliphatic rings. The van der Waals surface area contributed by atoms with Crippen molar-refractivity contribution in [3.63, 3.8) is 0 Å². The number of aromatic nitrogens is 3. The fourth-order valence-corrected chi connectivity index (χ4v) is 3.46. The largest absolute Gasteiger partial charge is 0.339 e. The van der Waals surface area contributed by atoms with Crippen LogP contribution < -0.4 is 10.6 Å². The van der Waals surface area contributed by atoms with E-state index >= 15 is 0 Å². The summed E-state index contributed by atoms with van der Waals surface area (Å²) >= 11 is 0. The van der Waals surface area contributed by atoms with Crippen LogP contribution in [0.15, 0.2) is 53.4 Å². The van der Waals surface area contributed by atoms with E-state index in [-0.39, 0.29) is 16.1 Å². The molecule has 0 amide bonds. The zero-order valence-electron chi connectivity index (χ0n) is 13.3. The van der Waals surface area contributed by atoms with Gasteiger partial charge in [-0.15, -0.1) is 0 Å². The van der Waals surface area contributed by atoms with Crippen molar-refractivity contribution in [2.75, 3.05) is 0 Å². The number of rotatable bonds is 2. The number of H-pyrrole nitrogens is 1. The van der Waals surface area contributed by atoms with Crippen LogP contribution in [-0.2, 0) is 10.0 Å². The Hall–Kier alpha value is -3.48. The van der Waals surface area contributed by atoms with Gasteiger partial charge in [-0.1, -0.05) is 24.3 Å². The van der Waals surface area contributed by atoms with Gasteiger partial charge >= 0.3 is 0 Å². The van der Waals surface area contributed by atoms with Gasteiger partial charge in [0.25, 0.3) is 0 Å². The third kappa shape index (κ3) is 2.36. The van der Waals surface area contributed by atoms with Gasteiger partial charge in [0.2, 0.25) is 10.0 Å². The maximum Gasteiger partial charge on any atom is 0.238 e. The van der Waals surface area contributed by atoms with Crippen LogP contribution >= 0.6 is 0 Å². The number of nitrogens with two attached hydrogens (primary N) is 1. The maximum atomic E-state index is 11.7. The number of hydrogen-bond acceptors (Lipinski definition) is 5. The number of nitriles is 1. The number of nitrogens with one attached hydrogen (secondary N) is 2. The first-order valence-electron chi connectivity index (χ1n) is 7.51. The summed E-state index contributed by atoms with van der Waals surface area (Å²) in [5.74, 6) is 0. The number of sulfonamides is 1. The zero-order chi connectivity index (χ0) is 18.5. The molecule has 2 aromatic heterocycles. The first-order valence-corrected chi connectivity index (χ1v) is 9.06. The van der Waals surface area contributed by atoms with Crippen molar-refractivity contribution in [1.82, 2.24) is 14.5 Å². The quantitative estimate of drug-likeness (QED) is 0.495. The lowest BCUT2D eigenvalue weighted by atomic mass is 10.2. The van der Waals surface area contributed by atoms with E-state index in [1.807, 2.05) is 30.3 Å². The Morgan fingerprint density at radius 1 is 1.19 bits per heavy atom. The lowest BCUT2D eigenvalue weighted by Gasteiger charge is -2.10. The highest BCUT2D eigenvalue weighted by Gasteiger charge is 2.16. The van der Waals surface area contributed by atoms with Crippen LogP contribution in [0, 0.1) is 16.7 Å². The van der Waals surface area contributed by atoms with Crippen LogP contribution in [0.25, 0.3) is 27.8 Å². The summed E-state index contributed by atoms with van der Waals surface area (Å²) < 4.78 is 24.8. The highest BCUT2D eigenvalue weighted by molar-refractivity contribution is 7.89. The SMILES string of the molecule is N#Cc1nc2c3ccccc3[nH]c2n(-c2cccc(S(N)(=O)=O)c2)c1=N. The number of aromatic amines is 1. The Bertz CT molecular complexity index is 1390. The molecule has 9 heteroatoms. The van der Waals surface area contributed by atoms with Gasteiger partial charge in [0.1, 0.15) is 17.2 Å². The molecule has 4 aromatic rings. The van der Waals surface area contributed by atoms with Gasteiger partial charge in [-0.3, -0.25) is 9.98 Å². The molecule has 4 N–H and O–H groups in total. The predicted octanol–water partition coefficient (Wildman–Crippen LogP) is 1.51. The Labute approximate surface area is 147 Å². The van der Waals surface area contributed by atoms with Crippen molar-refractivity contribution in [1.29, 1.82) is 10.7 Å². The second kappa shape index (κ2) is 5.52. The highest BCUT2D eigenvalue weighted by Crippen LogP contribution is 2.25. The third-order valence-corrected chi connectivity index (χ3v) is 4.98. The highest BCUT2D eigenvalue weighted by atomic mass is 32.2. The summed E-state index contributed by atoms with van der Waals surface area (Å²) in [6.07, 6.45) is 0. The average molecular weight is 364 g/mol. The molecule has 0 aliphatic heterocycles. The van der Waals surface area contributed by atoms with Crippen LogP contribution in [0.1, 0.15) is 5.69 Å². The fourth-order valence-electron chi connectivity index (χ4n) is 2.91. The molecule has 0 unspecified atom stereocenters. The van der Waals surface area contributed by atoms with Gasteiger partial charge in [-0.25, -0.2) is 18.5 Å². The van der Waals surface area contributed by atoms with E-state index in [1.54, 1.807) is 6.07 Å². The second-order valence-electron chi connectivity index (χ2n) is 5.67. The molecule has 0 aliphatic carbocycles. The summed E-state index contributed by atoms with van der Waals surface area (Å²) in [7, 11) is -3.91. The van der Waals surface area contributed by atoms with E-state index in [0.29, 0.717) is 16.9 Å². The standard InChI is InChI=1S/C17H12N6O2S/c18-9-14-16(19)23(10-4-3-5-11(8-10)26(20,24)25)17-15(21-14)12-6-1-2-7-13(12)22-17/h1-8,19,22H,(H2,20,24,25). The Kier molecular flexibility index (Phi) is 3.40. The molecule has 0 saturated heterocycles. The van der Waals surface area contributed by atoms with Crippen LogP contribution in [0.3, 0.4) is 0 Å². The van der Waals surface area contributed by atoms with Gasteiger partial charge in [0.15, 0.2) is 11.2 Å². The molecule has 0 bridgehead atoms. The third-order valence-electron chi connectivity index (χ3n) is 4.06. The van der Waals surface area contributed by atoms with Crippen LogP contribution in [0.2, 0.25) is 0 Å². The van der Waals surface area contributed by atoms with E-state index in [2.05, 4.69) is 9.97 Å². The van der Waals surface area contributed by atoms with E-state index < -0.39 is 10.0 Å². The molecule has 0 radical (unpaired) electrons. The second-order valence-corrected chi connectivity index (χ2v) is 7.23. The minimum absolute atomic E-state index is 0.0664. The molecular formula is C17H12N6O2S. The number of fused-ring (bicyclic) bond motifs is 3. The van der Waals surface area contributed by atoms with Crippen molar-refractivity contribution in [3.8, 4) is 11.8 Å². The van der Waals surface area contributed by atoms with Crippen LogP contribution in [0.4, 0.5) is 0 Å². The molecule has 26 heavy (non-hydrogen) atoms. The zero-order valence-corrected chi connectivity index (χ0v) is 14.1. The summed E-state index contributed by atoms with van der Waals surface area (Å²) in [6.45, 7) is 0. The Morgan fingerprint density at radius 3 is 2.69 bits per heavy atom.